The van der Waals surface area contributed by atoms with Crippen LogP contribution in [0.25, 0.3) is 0 Å². The highest BCUT2D eigenvalue weighted by molar-refractivity contribution is 7.91. The van der Waals surface area contributed by atoms with Crippen molar-refractivity contribution in [1.29, 1.82) is 0 Å². The first-order valence-electron chi connectivity index (χ1n) is 8.89. The van der Waals surface area contributed by atoms with Gasteiger partial charge in [0, 0.05) is 23.7 Å². The summed E-state index contributed by atoms with van der Waals surface area (Å²) >= 11 is 1.54. The highest BCUT2D eigenvalue weighted by Gasteiger charge is 2.21. The molecule has 2 heterocycles. The summed E-state index contributed by atoms with van der Waals surface area (Å²) in [6, 6.07) is 12.3. The number of nitrogens with one attached hydrogen (secondary N) is 1. The summed E-state index contributed by atoms with van der Waals surface area (Å²) in [4.78, 5) is 17.8. The number of thiophene rings is 1. The van der Waals surface area contributed by atoms with Crippen LogP contribution >= 0.6 is 11.3 Å². The van der Waals surface area contributed by atoms with E-state index in [9.17, 15) is 13.2 Å². The third-order valence-electron chi connectivity index (χ3n) is 4.61. The first-order valence-corrected chi connectivity index (χ1v) is 11.4. The third-order valence-corrected chi connectivity index (χ3v) is 7.26. The average Bonchev–Trinajstić information content (AvgIpc) is 3.22. The highest BCUT2D eigenvalue weighted by atomic mass is 32.2. The van der Waals surface area contributed by atoms with Crippen LogP contribution in [0, 0.1) is 13.8 Å². The molecule has 3 aromatic rings. The van der Waals surface area contributed by atoms with Crippen LogP contribution in [0.15, 0.2) is 65.1 Å². The van der Waals surface area contributed by atoms with Gasteiger partial charge in [-0.15, -0.1) is 11.3 Å². The molecule has 3 rings (SSSR count). The summed E-state index contributed by atoms with van der Waals surface area (Å²) in [6.07, 6.45) is 3.25. The van der Waals surface area contributed by atoms with E-state index in [0.29, 0.717) is 0 Å². The number of rotatable bonds is 7. The van der Waals surface area contributed by atoms with Gasteiger partial charge < -0.3 is 5.32 Å². The lowest BCUT2D eigenvalue weighted by Gasteiger charge is -2.18. The minimum absolute atomic E-state index is 0.0950. The second-order valence-electron chi connectivity index (χ2n) is 6.61. The van der Waals surface area contributed by atoms with Crippen molar-refractivity contribution in [2.45, 2.75) is 31.2 Å². The van der Waals surface area contributed by atoms with E-state index in [1.807, 2.05) is 43.5 Å². The van der Waals surface area contributed by atoms with Crippen molar-refractivity contribution < 1.29 is 13.2 Å². The molecule has 28 heavy (non-hydrogen) atoms. The number of carbonyl (C=O) groups is 1. The predicted octanol–water partition coefficient (Wildman–Crippen LogP) is 3.83. The predicted molar refractivity (Wildman–Crippen MR) is 111 cm³/mol. The van der Waals surface area contributed by atoms with Crippen molar-refractivity contribution in [3.63, 3.8) is 0 Å². The first-order chi connectivity index (χ1) is 13.4. The molecule has 0 spiro atoms. The van der Waals surface area contributed by atoms with E-state index >= 15 is 0 Å². The van der Waals surface area contributed by atoms with Gasteiger partial charge in [0.2, 0.25) is 5.91 Å². The van der Waals surface area contributed by atoms with Crippen LogP contribution in [0.3, 0.4) is 0 Å². The zero-order valence-corrected chi connectivity index (χ0v) is 17.4. The largest absolute Gasteiger partial charge is 0.344 e. The van der Waals surface area contributed by atoms with Gasteiger partial charge in [0.15, 0.2) is 9.84 Å². The lowest BCUT2D eigenvalue weighted by atomic mass is 10.1. The second kappa shape index (κ2) is 8.67. The number of aromatic nitrogens is 1. The Bertz CT molecular complexity index is 1050. The maximum atomic E-state index is 12.6. The van der Waals surface area contributed by atoms with Crippen molar-refractivity contribution in [2.75, 3.05) is 5.75 Å². The molecule has 5 nitrogen and oxygen atoms in total. The summed E-state index contributed by atoms with van der Waals surface area (Å²) in [6.45, 7) is 3.81. The van der Waals surface area contributed by atoms with E-state index in [4.69, 9.17) is 0 Å². The Hall–Kier alpha value is -2.51. The minimum Gasteiger partial charge on any atom is -0.344 e. The molecule has 0 saturated heterocycles. The molecular formula is C21H22N2O3S2. The molecule has 1 unspecified atom stereocenters. The van der Waals surface area contributed by atoms with Gasteiger partial charge in [-0.2, -0.15) is 0 Å². The lowest BCUT2D eigenvalue weighted by Crippen LogP contribution is -2.30. The number of carbonyl (C=O) groups excluding carboxylic acids is 1. The monoisotopic (exact) mass is 414 g/mol. The van der Waals surface area contributed by atoms with Crippen molar-refractivity contribution in [3.8, 4) is 0 Å². The summed E-state index contributed by atoms with van der Waals surface area (Å²) < 4.78 is 25.2. The van der Waals surface area contributed by atoms with E-state index in [0.717, 1.165) is 21.6 Å². The standard InChI is InChI=1S/C21H22N2O3S2/c1-15-5-6-18(14-16(15)2)28(25,26)13-9-20(24)23-21(19-4-3-12-27-19)17-7-10-22-11-8-17/h3-8,10-12,14,21H,9,13H2,1-2H3,(H,23,24). The SMILES string of the molecule is Cc1ccc(S(=O)(=O)CCC(=O)NC(c2ccncc2)c2cccs2)cc1C. The zero-order chi connectivity index (χ0) is 20.1. The van der Waals surface area contributed by atoms with Crippen LogP contribution in [0.2, 0.25) is 0 Å². The summed E-state index contributed by atoms with van der Waals surface area (Å²) in [5.74, 6) is -0.530. The van der Waals surface area contributed by atoms with Gasteiger partial charge in [0.25, 0.3) is 0 Å². The molecular weight excluding hydrogens is 392 g/mol. The van der Waals surface area contributed by atoms with Crippen LogP contribution in [0.1, 0.15) is 34.0 Å². The zero-order valence-electron chi connectivity index (χ0n) is 15.8. The molecule has 2 aromatic heterocycles. The third kappa shape index (κ3) is 4.85. The van der Waals surface area contributed by atoms with Gasteiger partial charge in [0.1, 0.15) is 0 Å². The first kappa shape index (κ1) is 20.2. The molecule has 0 aliphatic heterocycles. The van der Waals surface area contributed by atoms with Crippen LogP contribution in [-0.4, -0.2) is 25.1 Å². The molecule has 0 bridgehead atoms. The van der Waals surface area contributed by atoms with Gasteiger partial charge in [-0.05, 0) is 66.2 Å². The van der Waals surface area contributed by atoms with Gasteiger partial charge in [-0.25, -0.2) is 8.42 Å². The number of hydrogen-bond donors (Lipinski definition) is 1. The maximum Gasteiger partial charge on any atom is 0.221 e. The van der Waals surface area contributed by atoms with Crippen molar-refractivity contribution >= 4 is 27.1 Å². The Balaban J connectivity index is 1.70. The van der Waals surface area contributed by atoms with Crippen LogP contribution in [0.5, 0.6) is 0 Å². The minimum atomic E-state index is -3.52. The summed E-state index contributed by atoms with van der Waals surface area (Å²) in [5.41, 5.74) is 2.86. The average molecular weight is 415 g/mol. The lowest BCUT2D eigenvalue weighted by molar-refractivity contribution is -0.121. The van der Waals surface area contributed by atoms with E-state index in [2.05, 4.69) is 10.3 Å². The van der Waals surface area contributed by atoms with Crippen molar-refractivity contribution in [2.24, 2.45) is 0 Å². The number of benzene rings is 1. The number of nitrogens with zero attached hydrogens (tertiary/aromatic N) is 1. The fourth-order valence-electron chi connectivity index (χ4n) is 2.82. The smallest absolute Gasteiger partial charge is 0.221 e. The molecule has 0 saturated carbocycles. The number of amides is 1. The quantitative estimate of drug-likeness (QED) is 0.637. The number of aryl methyl sites for hydroxylation is 2. The molecule has 0 aliphatic rings. The Labute approximate surface area is 169 Å². The molecule has 0 radical (unpaired) electrons. The highest BCUT2D eigenvalue weighted by Crippen LogP contribution is 2.26. The van der Waals surface area contributed by atoms with Gasteiger partial charge in [0.05, 0.1) is 16.7 Å². The van der Waals surface area contributed by atoms with Crippen molar-refractivity contribution in [1.82, 2.24) is 10.3 Å². The summed E-state index contributed by atoms with van der Waals surface area (Å²) in [5, 5.41) is 4.90. The van der Waals surface area contributed by atoms with Crippen molar-refractivity contribution in [3.05, 3.63) is 81.8 Å². The molecule has 146 valence electrons. The number of pyridine rings is 1. The van der Waals surface area contributed by atoms with E-state index in [-0.39, 0.29) is 29.0 Å². The fourth-order valence-corrected chi connectivity index (χ4v) is 4.94. The molecule has 0 fully saturated rings. The van der Waals surface area contributed by atoms with Crippen LogP contribution in [-0.2, 0) is 14.6 Å². The second-order valence-corrected chi connectivity index (χ2v) is 9.70. The van der Waals surface area contributed by atoms with E-state index in [1.54, 1.807) is 30.6 Å². The Kier molecular flexibility index (Phi) is 6.26. The van der Waals surface area contributed by atoms with Crippen LogP contribution in [0.4, 0.5) is 0 Å². The van der Waals surface area contributed by atoms with E-state index < -0.39 is 9.84 Å². The topological polar surface area (TPSA) is 76.1 Å². The molecule has 0 aliphatic carbocycles. The summed E-state index contributed by atoms with van der Waals surface area (Å²) in [7, 11) is -3.52. The maximum absolute atomic E-state index is 12.6. The Morgan fingerprint density at radius 3 is 2.50 bits per heavy atom. The van der Waals surface area contributed by atoms with Gasteiger partial charge in [-0.1, -0.05) is 12.1 Å². The number of sulfone groups is 1. The van der Waals surface area contributed by atoms with Crippen LogP contribution < -0.4 is 5.32 Å². The van der Waals surface area contributed by atoms with Gasteiger partial charge in [-0.3, -0.25) is 9.78 Å². The number of hydrogen-bond acceptors (Lipinski definition) is 5. The molecule has 1 amide bonds. The molecule has 1 N–H and O–H groups in total. The molecule has 1 atom stereocenters. The molecule has 7 heteroatoms. The Morgan fingerprint density at radius 1 is 1.11 bits per heavy atom. The molecule has 1 aromatic carbocycles. The van der Waals surface area contributed by atoms with Gasteiger partial charge >= 0.3 is 0 Å². The Morgan fingerprint density at radius 2 is 1.86 bits per heavy atom. The van der Waals surface area contributed by atoms with E-state index in [1.165, 1.54) is 11.3 Å². The normalized spacial score (nSPS) is 12.5. The fraction of sp³-hybridized carbons (Fsp3) is 0.238.